The highest BCUT2D eigenvalue weighted by molar-refractivity contribution is 9.10. The highest BCUT2D eigenvalue weighted by atomic mass is 79.9. The maximum atomic E-state index is 13.4. The van der Waals surface area contributed by atoms with Crippen molar-refractivity contribution in [3.8, 4) is 0 Å². The van der Waals surface area contributed by atoms with Crippen molar-refractivity contribution in [2.75, 3.05) is 5.32 Å². The SMILES string of the molecule is O=C(Nc1c[nH]c2ccc(F)cc12)c1cc2ccc(Br)cn2n1. The van der Waals surface area contributed by atoms with Gasteiger partial charge in [-0.25, -0.2) is 8.91 Å². The second-order valence-corrected chi connectivity index (χ2v) is 6.01. The predicted octanol–water partition coefficient (Wildman–Crippen LogP) is 3.97. The second-order valence-electron chi connectivity index (χ2n) is 5.09. The van der Waals surface area contributed by atoms with Gasteiger partial charge in [-0.15, -0.1) is 0 Å². The van der Waals surface area contributed by atoms with Gasteiger partial charge in [0.05, 0.1) is 11.2 Å². The number of aromatic amines is 1. The first-order chi connectivity index (χ1) is 11.1. The van der Waals surface area contributed by atoms with Gasteiger partial charge in [0.1, 0.15) is 5.82 Å². The molecule has 4 aromatic rings. The summed E-state index contributed by atoms with van der Waals surface area (Å²) in [7, 11) is 0. The molecule has 0 radical (unpaired) electrons. The predicted molar refractivity (Wildman–Crippen MR) is 89.1 cm³/mol. The molecule has 1 amide bonds. The molecule has 0 saturated heterocycles. The smallest absolute Gasteiger partial charge is 0.276 e. The summed E-state index contributed by atoms with van der Waals surface area (Å²) in [4.78, 5) is 15.4. The van der Waals surface area contributed by atoms with E-state index in [9.17, 15) is 9.18 Å². The van der Waals surface area contributed by atoms with E-state index in [1.165, 1.54) is 12.1 Å². The summed E-state index contributed by atoms with van der Waals surface area (Å²) in [5.74, 6) is -0.708. The maximum absolute atomic E-state index is 13.4. The van der Waals surface area contributed by atoms with E-state index in [4.69, 9.17) is 0 Å². The van der Waals surface area contributed by atoms with Crippen LogP contribution in [0.3, 0.4) is 0 Å². The van der Waals surface area contributed by atoms with Crippen LogP contribution in [0.25, 0.3) is 16.4 Å². The number of carbonyl (C=O) groups excluding carboxylic acids is 1. The number of amides is 1. The Morgan fingerprint density at radius 3 is 3.00 bits per heavy atom. The monoisotopic (exact) mass is 372 g/mol. The van der Waals surface area contributed by atoms with Crippen LogP contribution in [0.15, 0.2) is 53.3 Å². The number of hydrogen-bond donors (Lipinski definition) is 2. The number of nitrogens with zero attached hydrogens (tertiary/aromatic N) is 2. The van der Waals surface area contributed by atoms with Crippen molar-refractivity contribution in [1.82, 2.24) is 14.6 Å². The van der Waals surface area contributed by atoms with Crippen LogP contribution in [0, 0.1) is 5.82 Å². The summed E-state index contributed by atoms with van der Waals surface area (Å²) in [5, 5.41) is 7.62. The fourth-order valence-electron chi connectivity index (χ4n) is 2.46. The van der Waals surface area contributed by atoms with Gasteiger partial charge in [-0.2, -0.15) is 5.10 Å². The van der Waals surface area contributed by atoms with E-state index in [-0.39, 0.29) is 17.4 Å². The molecule has 0 aliphatic rings. The van der Waals surface area contributed by atoms with Gasteiger partial charge >= 0.3 is 0 Å². The maximum Gasteiger partial charge on any atom is 0.276 e. The normalized spacial score (nSPS) is 11.2. The third kappa shape index (κ3) is 2.49. The molecule has 5 nitrogen and oxygen atoms in total. The molecule has 0 fully saturated rings. The highest BCUT2D eigenvalue weighted by Crippen LogP contribution is 2.24. The first kappa shape index (κ1) is 14.0. The van der Waals surface area contributed by atoms with Crippen LogP contribution in [-0.4, -0.2) is 20.5 Å². The lowest BCUT2D eigenvalue weighted by Gasteiger charge is -2.01. The summed E-state index contributed by atoms with van der Waals surface area (Å²) >= 11 is 3.36. The Morgan fingerprint density at radius 2 is 2.13 bits per heavy atom. The van der Waals surface area contributed by atoms with Crippen molar-refractivity contribution < 1.29 is 9.18 Å². The van der Waals surface area contributed by atoms with Gasteiger partial charge in [0.25, 0.3) is 5.91 Å². The van der Waals surface area contributed by atoms with Crippen molar-refractivity contribution in [2.24, 2.45) is 0 Å². The molecular formula is C16H10BrFN4O. The van der Waals surface area contributed by atoms with E-state index < -0.39 is 0 Å². The third-order valence-corrected chi connectivity index (χ3v) is 4.02. The van der Waals surface area contributed by atoms with Gasteiger partial charge in [0.2, 0.25) is 0 Å². The Kier molecular flexibility index (Phi) is 3.16. The molecular weight excluding hydrogens is 363 g/mol. The average molecular weight is 373 g/mol. The van der Waals surface area contributed by atoms with Crippen molar-refractivity contribution in [3.63, 3.8) is 0 Å². The number of benzene rings is 1. The van der Waals surface area contributed by atoms with Gasteiger partial charge in [-0.1, -0.05) is 0 Å². The van der Waals surface area contributed by atoms with Crippen molar-refractivity contribution in [3.05, 3.63) is 64.8 Å². The number of halogens is 2. The van der Waals surface area contributed by atoms with Crippen molar-refractivity contribution in [2.45, 2.75) is 0 Å². The minimum atomic E-state index is -0.356. The summed E-state index contributed by atoms with van der Waals surface area (Å²) in [6.45, 7) is 0. The zero-order valence-corrected chi connectivity index (χ0v) is 13.3. The highest BCUT2D eigenvalue weighted by Gasteiger charge is 2.14. The minimum Gasteiger partial charge on any atom is -0.359 e. The van der Waals surface area contributed by atoms with E-state index in [1.807, 2.05) is 12.1 Å². The number of carbonyl (C=O) groups is 1. The van der Waals surface area contributed by atoms with E-state index in [1.54, 1.807) is 29.0 Å². The van der Waals surface area contributed by atoms with Crippen molar-refractivity contribution in [1.29, 1.82) is 0 Å². The van der Waals surface area contributed by atoms with E-state index >= 15 is 0 Å². The first-order valence-corrected chi connectivity index (χ1v) is 7.62. The van der Waals surface area contributed by atoms with Gasteiger partial charge < -0.3 is 10.3 Å². The molecule has 0 spiro atoms. The van der Waals surface area contributed by atoms with Crippen molar-refractivity contribution >= 4 is 43.9 Å². The molecule has 2 N–H and O–H groups in total. The summed E-state index contributed by atoms with van der Waals surface area (Å²) < 4.78 is 15.9. The average Bonchev–Trinajstić information content (AvgIpc) is 3.11. The Bertz CT molecular complexity index is 1050. The van der Waals surface area contributed by atoms with Crippen LogP contribution < -0.4 is 5.32 Å². The fourth-order valence-corrected chi connectivity index (χ4v) is 2.78. The molecule has 3 aromatic heterocycles. The van der Waals surface area contributed by atoms with E-state index in [0.29, 0.717) is 11.1 Å². The number of anilines is 1. The quantitative estimate of drug-likeness (QED) is 0.559. The van der Waals surface area contributed by atoms with Crippen LogP contribution in [0.2, 0.25) is 0 Å². The molecule has 0 atom stereocenters. The van der Waals surface area contributed by atoms with Gasteiger partial charge in [0, 0.05) is 27.8 Å². The Morgan fingerprint density at radius 1 is 1.26 bits per heavy atom. The Hall–Kier alpha value is -2.67. The summed E-state index contributed by atoms with van der Waals surface area (Å²) in [6, 6.07) is 9.79. The first-order valence-electron chi connectivity index (χ1n) is 6.83. The molecule has 0 bridgehead atoms. The Labute approximate surface area is 138 Å². The lowest BCUT2D eigenvalue weighted by Crippen LogP contribution is -2.12. The summed E-state index contributed by atoms with van der Waals surface area (Å²) in [5.41, 5.74) is 2.36. The molecule has 0 unspecified atom stereocenters. The van der Waals surface area contributed by atoms with Gasteiger partial charge in [-0.05, 0) is 52.3 Å². The molecule has 23 heavy (non-hydrogen) atoms. The molecule has 0 aliphatic carbocycles. The molecule has 1 aromatic carbocycles. The Balaban J connectivity index is 1.69. The molecule has 4 rings (SSSR count). The van der Waals surface area contributed by atoms with Crippen LogP contribution in [0.4, 0.5) is 10.1 Å². The topological polar surface area (TPSA) is 62.2 Å². The number of aromatic nitrogens is 3. The zero-order chi connectivity index (χ0) is 16.0. The van der Waals surface area contributed by atoms with E-state index in [2.05, 4.69) is 31.3 Å². The van der Waals surface area contributed by atoms with Crippen LogP contribution in [0.1, 0.15) is 10.5 Å². The van der Waals surface area contributed by atoms with Gasteiger partial charge in [-0.3, -0.25) is 4.79 Å². The molecule has 7 heteroatoms. The van der Waals surface area contributed by atoms with Crippen LogP contribution >= 0.6 is 15.9 Å². The molecule has 3 heterocycles. The standard InChI is InChI=1S/C16H10BrFN4O/c17-9-1-3-11-6-14(21-22(11)8-9)16(23)20-15-7-19-13-4-2-10(18)5-12(13)15/h1-8,19H,(H,20,23). The van der Waals surface area contributed by atoms with Crippen LogP contribution in [-0.2, 0) is 0 Å². The molecule has 114 valence electrons. The number of rotatable bonds is 2. The zero-order valence-electron chi connectivity index (χ0n) is 11.7. The second kappa shape index (κ2) is 5.20. The summed E-state index contributed by atoms with van der Waals surface area (Å²) in [6.07, 6.45) is 3.40. The number of nitrogens with one attached hydrogen (secondary N) is 2. The number of pyridine rings is 1. The van der Waals surface area contributed by atoms with Crippen LogP contribution in [0.5, 0.6) is 0 Å². The number of hydrogen-bond acceptors (Lipinski definition) is 2. The fraction of sp³-hybridized carbons (Fsp3) is 0. The largest absolute Gasteiger partial charge is 0.359 e. The molecule has 0 saturated carbocycles. The molecule has 0 aliphatic heterocycles. The lowest BCUT2D eigenvalue weighted by atomic mass is 10.2. The third-order valence-electron chi connectivity index (χ3n) is 3.55. The number of H-pyrrole nitrogens is 1. The minimum absolute atomic E-state index is 0.286. The van der Waals surface area contributed by atoms with E-state index in [0.717, 1.165) is 15.5 Å². The lowest BCUT2D eigenvalue weighted by molar-refractivity contribution is 0.102. The van der Waals surface area contributed by atoms with Gasteiger partial charge in [0.15, 0.2) is 5.69 Å². The number of fused-ring (bicyclic) bond motifs is 2.